The SMILES string of the molecule is CNC(CCS(C)(=O)=O)c1ccc(C(F)(F)F)cn1. The lowest BCUT2D eigenvalue weighted by molar-refractivity contribution is -0.137. The summed E-state index contributed by atoms with van der Waals surface area (Å²) in [7, 11) is -1.51. The molecule has 108 valence electrons. The maximum absolute atomic E-state index is 12.4. The van der Waals surface area contributed by atoms with Gasteiger partial charge in [-0.3, -0.25) is 4.98 Å². The standard InChI is InChI=1S/C11H15F3N2O2S/c1-15-9(5-6-19(2,17)18)10-4-3-8(7-16-10)11(12,13)14/h3-4,7,9,15H,5-6H2,1-2H3. The molecule has 0 bridgehead atoms. The lowest BCUT2D eigenvalue weighted by atomic mass is 10.1. The summed E-state index contributed by atoms with van der Waals surface area (Å²) in [5, 5.41) is 2.84. The minimum absolute atomic E-state index is 0.0544. The van der Waals surface area contributed by atoms with Crippen LogP contribution in [-0.4, -0.2) is 32.5 Å². The van der Waals surface area contributed by atoms with E-state index in [0.717, 1.165) is 18.5 Å². The first-order valence-electron chi connectivity index (χ1n) is 5.51. The largest absolute Gasteiger partial charge is 0.417 e. The van der Waals surface area contributed by atoms with Gasteiger partial charge >= 0.3 is 6.18 Å². The van der Waals surface area contributed by atoms with E-state index in [1.807, 2.05) is 0 Å². The van der Waals surface area contributed by atoms with Gasteiger partial charge in [0.1, 0.15) is 9.84 Å². The average Bonchev–Trinajstić information content (AvgIpc) is 2.28. The van der Waals surface area contributed by atoms with E-state index >= 15 is 0 Å². The Kier molecular flexibility index (Phi) is 4.92. The average molecular weight is 296 g/mol. The number of hydrogen-bond acceptors (Lipinski definition) is 4. The lowest BCUT2D eigenvalue weighted by Gasteiger charge is -2.15. The molecule has 19 heavy (non-hydrogen) atoms. The quantitative estimate of drug-likeness (QED) is 0.900. The highest BCUT2D eigenvalue weighted by atomic mass is 32.2. The number of aromatic nitrogens is 1. The molecule has 1 N–H and O–H groups in total. The van der Waals surface area contributed by atoms with E-state index in [1.54, 1.807) is 7.05 Å². The summed E-state index contributed by atoms with van der Waals surface area (Å²) < 4.78 is 59.3. The number of hydrogen-bond donors (Lipinski definition) is 1. The fourth-order valence-electron chi connectivity index (χ4n) is 1.55. The van der Waals surface area contributed by atoms with Gasteiger partial charge in [-0.15, -0.1) is 0 Å². The zero-order valence-corrected chi connectivity index (χ0v) is 11.3. The Bertz CT molecular complexity index is 512. The third-order valence-corrected chi connectivity index (χ3v) is 3.57. The topological polar surface area (TPSA) is 59.1 Å². The van der Waals surface area contributed by atoms with Crippen LogP contribution in [0.2, 0.25) is 0 Å². The predicted octanol–water partition coefficient (Wildman–Crippen LogP) is 1.80. The molecule has 0 radical (unpaired) electrons. The molecule has 0 saturated carbocycles. The molecule has 0 saturated heterocycles. The molecule has 1 atom stereocenters. The van der Waals surface area contributed by atoms with E-state index < -0.39 is 27.6 Å². The summed E-state index contributed by atoms with van der Waals surface area (Å²) in [5.41, 5.74) is -0.437. The van der Waals surface area contributed by atoms with Gasteiger partial charge in [-0.25, -0.2) is 8.42 Å². The van der Waals surface area contributed by atoms with Crippen LogP contribution in [0, 0.1) is 0 Å². The molecule has 1 aromatic heterocycles. The Morgan fingerprint density at radius 1 is 1.37 bits per heavy atom. The van der Waals surface area contributed by atoms with Crippen LogP contribution in [0.5, 0.6) is 0 Å². The van der Waals surface area contributed by atoms with Crippen molar-refractivity contribution in [1.29, 1.82) is 0 Å². The summed E-state index contributed by atoms with van der Waals surface area (Å²) in [6.45, 7) is 0. The second-order valence-electron chi connectivity index (χ2n) is 4.23. The van der Waals surface area contributed by atoms with Gasteiger partial charge in [0.2, 0.25) is 0 Å². The van der Waals surface area contributed by atoms with E-state index in [2.05, 4.69) is 10.3 Å². The molecule has 0 aliphatic rings. The molecule has 8 heteroatoms. The smallest absolute Gasteiger partial charge is 0.312 e. The summed E-state index contributed by atoms with van der Waals surface area (Å²) in [6.07, 6.45) is -2.30. The number of alkyl halides is 3. The van der Waals surface area contributed by atoms with Gasteiger partial charge in [0, 0.05) is 12.5 Å². The van der Waals surface area contributed by atoms with E-state index in [9.17, 15) is 21.6 Å². The van der Waals surface area contributed by atoms with Crippen molar-refractivity contribution in [3.8, 4) is 0 Å². The first kappa shape index (κ1) is 15.9. The van der Waals surface area contributed by atoms with Crippen molar-refractivity contribution < 1.29 is 21.6 Å². The van der Waals surface area contributed by atoms with Crippen LogP contribution in [0.25, 0.3) is 0 Å². The molecule has 0 spiro atoms. The maximum Gasteiger partial charge on any atom is 0.417 e. The van der Waals surface area contributed by atoms with Crippen molar-refractivity contribution in [2.75, 3.05) is 19.1 Å². The molecule has 4 nitrogen and oxygen atoms in total. The van der Waals surface area contributed by atoms with Crippen molar-refractivity contribution in [2.45, 2.75) is 18.6 Å². The normalized spacial score (nSPS) is 14.4. The van der Waals surface area contributed by atoms with Gasteiger partial charge in [0.15, 0.2) is 0 Å². The Labute approximate surface area is 110 Å². The summed E-state index contributed by atoms with van der Waals surface area (Å²) in [6, 6.07) is 1.80. The fourth-order valence-corrected chi connectivity index (χ4v) is 2.21. The summed E-state index contributed by atoms with van der Waals surface area (Å²) in [4.78, 5) is 3.74. The number of halogens is 3. The first-order valence-corrected chi connectivity index (χ1v) is 7.57. The Hall–Kier alpha value is -1.15. The minimum Gasteiger partial charge on any atom is -0.312 e. The first-order chi connectivity index (χ1) is 8.63. The Morgan fingerprint density at radius 3 is 2.37 bits per heavy atom. The monoisotopic (exact) mass is 296 g/mol. The van der Waals surface area contributed by atoms with Crippen molar-refractivity contribution in [1.82, 2.24) is 10.3 Å². The van der Waals surface area contributed by atoms with Gasteiger partial charge in [-0.2, -0.15) is 13.2 Å². The zero-order chi connectivity index (χ0) is 14.7. The molecule has 1 heterocycles. The lowest BCUT2D eigenvalue weighted by Crippen LogP contribution is -2.21. The Morgan fingerprint density at radius 2 is 2.00 bits per heavy atom. The fraction of sp³-hybridized carbons (Fsp3) is 0.545. The zero-order valence-electron chi connectivity index (χ0n) is 10.5. The minimum atomic E-state index is -4.42. The van der Waals surface area contributed by atoms with Gasteiger partial charge in [0.05, 0.1) is 23.1 Å². The maximum atomic E-state index is 12.4. The highest BCUT2D eigenvalue weighted by Gasteiger charge is 2.30. The van der Waals surface area contributed by atoms with Crippen LogP contribution < -0.4 is 5.32 Å². The van der Waals surface area contributed by atoms with E-state index in [0.29, 0.717) is 5.69 Å². The predicted molar refractivity (Wildman–Crippen MR) is 65.4 cm³/mol. The number of nitrogens with zero attached hydrogens (tertiary/aromatic N) is 1. The van der Waals surface area contributed by atoms with Crippen LogP contribution in [0.4, 0.5) is 13.2 Å². The van der Waals surface area contributed by atoms with Gasteiger partial charge in [-0.05, 0) is 25.6 Å². The second-order valence-corrected chi connectivity index (χ2v) is 6.49. The number of nitrogens with one attached hydrogen (secondary N) is 1. The van der Waals surface area contributed by atoms with Crippen LogP contribution in [0.15, 0.2) is 18.3 Å². The second kappa shape index (κ2) is 5.87. The van der Waals surface area contributed by atoms with Crippen molar-refractivity contribution in [2.24, 2.45) is 0 Å². The molecule has 0 fully saturated rings. The van der Waals surface area contributed by atoms with Gasteiger partial charge in [-0.1, -0.05) is 0 Å². The van der Waals surface area contributed by atoms with E-state index in [1.165, 1.54) is 6.07 Å². The molecule has 1 aromatic rings. The molecular formula is C11H15F3N2O2S. The van der Waals surface area contributed by atoms with Crippen LogP contribution in [0.3, 0.4) is 0 Å². The Balaban J connectivity index is 2.83. The molecule has 1 rings (SSSR count). The third-order valence-electron chi connectivity index (χ3n) is 2.60. The molecule has 0 amide bonds. The summed E-state index contributed by atoms with van der Waals surface area (Å²) >= 11 is 0. The van der Waals surface area contributed by atoms with Gasteiger partial charge in [0.25, 0.3) is 0 Å². The highest BCUT2D eigenvalue weighted by molar-refractivity contribution is 7.90. The third kappa shape index (κ3) is 5.15. The number of sulfone groups is 1. The van der Waals surface area contributed by atoms with Crippen molar-refractivity contribution >= 4 is 9.84 Å². The van der Waals surface area contributed by atoms with Crippen molar-refractivity contribution in [3.05, 3.63) is 29.6 Å². The van der Waals surface area contributed by atoms with Crippen molar-refractivity contribution in [3.63, 3.8) is 0 Å². The van der Waals surface area contributed by atoms with Crippen LogP contribution in [0.1, 0.15) is 23.7 Å². The highest BCUT2D eigenvalue weighted by Crippen LogP contribution is 2.29. The number of rotatable bonds is 5. The van der Waals surface area contributed by atoms with Gasteiger partial charge < -0.3 is 5.32 Å². The number of pyridine rings is 1. The molecule has 0 aliphatic carbocycles. The molecule has 1 unspecified atom stereocenters. The molecule has 0 aliphatic heterocycles. The molecular weight excluding hydrogens is 281 g/mol. The van der Waals surface area contributed by atoms with E-state index in [4.69, 9.17) is 0 Å². The van der Waals surface area contributed by atoms with E-state index in [-0.39, 0.29) is 12.2 Å². The van der Waals surface area contributed by atoms with Crippen LogP contribution in [-0.2, 0) is 16.0 Å². The molecule has 0 aromatic carbocycles. The van der Waals surface area contributed by atoms with Crippen LogP contribution >= 0.6 is 0 Å². The summed E-state index contributed by atoms with van der Waals surface area (Å²) in [5.74, 6) is -0.0544.